The predicted octanol–water partition coefficient (Wildman–Crippen LogP) is 4.51. The smallest absolute Gasteiger partial charge is 0.257 e. The Morgan fingerprint density at radius 1 is 1.07 bits per heavy atom. The first-order valence-corrected chi connectivity index (χ1v) is 10.2. The second-order valence-corrected chi connectivity index (χ2v) is 9.78. The highest BCUT2D eigenvalue weighted by molar-refractivity contribution is 5.77. The summed E-state index contributed by atoms with van der Waals surface area (Å²) in [5.74, 6) is 0.811. The van der Waals surface area contributed by atoms with E-state index in [0.29, 0.717) is 13.1 Å². The lowest BCUT2D eigenvalue weighted by molar-refractivity contribution is -0.123. The Balaban J connectivity index is 2.91. The monoisotopic (exact) mass is 376 g/mol. The van der Waals surface area contributed by atoms with Crippen LogP contribution < -0.4 is 15.8 Å². The summed E-state index contributed by atoms with van der Waals surface area (Å²) < 4.78 is 6.10. The maximum absolute atomic E-state index is 12.2. The molecule has 0 aliphatic carbocycles. The van der Waals surface area contributed by atoms with E-state index in [0.717, 1.165) is 37.0 Å². The van der Waals surface area contributed by atoms with Crippen molar-refractivity contribution in [1.82, 2.24) is 5.32 Å². The third-order valence-corrected chi connectivity index (χ3v) is 4.39. The van der Waals surface area contributed by atoms with Crippen LogP contribution in [0.15, 0.2) is 12.1 Å². The van der Waals surface area contributed by atoms with Gasteiger partial charge in [-0.1, -0.05) is 65.7 Å². The lowest BCUT2D eigenvalue weighted by Crippen LogP contribution is -2.30. The Morgan fingerprint density at radius 3 is 2.30 bits per heavy atom. The predicted molar refractivity (Wildman–Crippen MR) is 114 cm³/mol. The lowest BCUT2D eigenvalue weighted by Gasteiger charge is -2.28. The van der Waals surface area contributed by atoms with Crippen molar-refractivity contribution in [2.45, 2.75) is 79.6 Å². The van der Waals surface area contributed by atoms with Gasteiger partial charge in [-0.25, -0.2) is 0 Å². The molecule has 1 aromatic rings. The minimum Gasteiger partial charge on any atom is -0.483 e. The fraction of sp³-hybridized carbons (Fsp3) is 0.696. The molecule has 0 unspecified atom stereocenters. The Bertz CT molecular complexity index is 610. The van der Waals surface area contributed by atoms with Crippen LogP contribution in [0.4, 0.5) is 0 Å². The Kier molecular flexibility index (Phi) is 8.80. The molecule has 0 radical (unpaired) electrons. The van der Waals surface area contributed by atoms with Crippen LogP contribution in [0.2, 0.25) is 0 Å². The molecule has 154 valence electrons. The topological polar surface area (TPSA) is 64.3 Å². The molecule has 4 heteroatoms. The lowest BCUT2D eigenvalue weighted by atomic mass is 9.81. The van der Waals surface area contributed by atoms with Crippen LogP contribution in [-0.4, -0.2) is 25.6 Å². The second-order valence-electron chi connectivity index (χ2n) is 9.78. The summed E-state index contributed by atoms with van der Waals surface area (Å²) in [7, 11) is 0. The molecule has 0 heterocycles. The maximum Gasteiger partial charge on any atom is 0.257 e. The number of hydrogen-bond acceptors (Lipinski definition) is 3. The van der Waals surface area contributed by atoms with Crippen LogP contribution in [0.5, 0.6) is 5.75 Å². The molecule has 1 aromatic carbocycles. The number of aryl methyl sites for hydroxylation is 1. The van der Waals surface area contributed by atoms with Gasteiger partial charge in [-0.05, 0) is 49.1 Å². The van der Waals surface area contributed by atoms with Crippen molar-refractivity contribution in [1.29, 1.82) is 0 Å². The van der Waals surface area contributed by atoms with Crippen LogP contribution in [0.25, 0.3) is 0 Å². The van der Waals surface area contributed by atoms with Crippen LogP contribution in [0.1, 0.15) is 77.5 Å². The van der Waals surface area contributed by atoms with E-state index in [4.69, 9.17) is 10.5 Å². The largest absolute Gasteiger partial charge is 0.483 e. The van der Waals surface area contributed by atoms with E-state index in [-0.39, 0.29) is 23.3 Å². The van der Waals surface area contributed by atoms with Crippen LogP contribution in [-0.2, 0) is 16.6 Å². The number of nitrogens with two attached hydrogens (primary N) is 1. The van der Waals surface area contributed by atoms with E-state index >= 15 is 0 Å². The molecule has 0 aliphatic rings. The first-order valence-electron chi connectivity index (χ1n) is 10.2. The number of carbonyl (C=O) groups is 1. The zero-order valence-electron chi connectivity index (χ0n) is 18.5. The number of rotatable bonds is 9. The Morgan fingerprint density at radius 2 is 1.74 bits per heavy atom. The van der Waals surface area contributed by atoms with E-state index < -0.39 is 0 Å². The van der Waals surface area contributed by atoms with E-state index in [1.807, 2.05) is 0 Å². The number of nitrogens with one attached hydrogen (secondary N) is 1. The number of unbranched alkanes of at least 4 members (excludes halogenated alkanes) is 2. The van der Waals surface area contributed by atoms with Crippen molar-refractivity contribution in [2.75, 3.05) is 19.7 Å². The molecule has 0 bridgehead atoms. The van der Waals surface area contributed by atoms with Crippen molar-refractivity contribution in [3.63, 3.8) is 0 Å². The van der Waals surface area contributed by atoms with Crippen molar-refractivity contribution >= 4 is 5.91 Å². The third kappa shape index (κ3) is 8.79. The highest BCUT2D eigenvalue weighted by atomic mass is 16.5. The zero-order chi connectivity index (χ0) is 20.7. The SMILES string of the molecule is Cc1cc(CC(C)(C)C)c(OCC(=O)NCCCCCN)c(C(C)(C)C)c1. The fourth-order valence-corrected chi connectivity index (χ4v) is 3.14. The summed E-state index contributed by atoms with van der Waals surface area (Å²) in [5.41, 5.74) is 9.17. The summed E-state index contributed by atoms with van der Waals surface area (Å²) in [6.45, 7) is 16.8. The molecule has 4 nitrogen and oxygen atoms in total. The summed E-state index contributed by atoms with van der Waals surface area (Å²) >= 11 is 0. The quantitative estimate of drug-likeness (QED) is 0.624. The molecule has 1 rings (SSSR count). The van der Waals surface area contributed by atoms with E-state index in [1.54, 1.807) is 0 Å². The van der Waals surface area contributed by atoms with Gasteiger partial charge in [-0.3, -0.25) is 4.79 Å². The highest BCUT2D eigenvalue weighted by Gasteiger charge is 2.25. The molecule has 0 saturated carbocycles. The number of benzene rings is 1. The number of hydrogen-bond donors (Lipinski definition) is 2. The van der Waals surface area contributed by atoms with E-state index in [2.05, 4.69) is 65.9 Å². The van der Waals surface area contributed by atoms with Crippen molar-refractivity contribution in [2.24, 2.45) is 11.1 Å². The molecule has 0 fully saturated rings. The van der Waals surface area contributed by atoms with Crippen molar-refractivity contribution < 1.29 is 9.53 Å². The molecule has 0 spiro atoms. The molecular weight excluding hydrogens is 336 g/mol. The molecule has 27 heavy (non-hydrogen) atoms. The van der Waals surface area contributed by atoms with Gasteiger partial charge >= 0.3 is 0 Å². The zero-order valence-corrected chi connectivity index (χ0v) is 18.5. The number of amides is 1. The summed E-state index contributed by atoms with van der Waals surface area (Å²) in [4.78, 5) is 12.2. The number of ether oxygens (including phenoxy) is 1. The fourth-order valence-electron chi connectivity index (χ4n) is 3.14. The van der Waals surface area contributed by atoms with Gasteiger partial charge in [-0.2, -0.15) is 0 Å². The van der Waals surface area contributed by atoms with E-state index in [1.165, 1.54) is 11.1 Å². The van der Waals surface area contributed by atoms with Gasteiger partial charge in [0, 0.05) is 12.1 Å². The minimum atomic E-state index is -0.0649. The highest BCUT2D eigenvalue weighted by Crippen LogP contribution is 2.38. The maximum atomic E-state index is 12.2. The molecule has 3 N–H and O–H groups in total. The van der Waals surface area contributed by atoms with Crippen molar-refractivity contribution in [3.05, 3.63) is 28.8 Å². The van der Waals surface area contributed by atoms with Crippen LogP contribution >= 0.6 is 0 Å². The van der Waals surface area contributed by atoms with Gasteiger partial charge in [0.1, 0.15) is 5.75 Å². The number of carbonyl (C=O) groups excluding carboxylic acids is 1. The van der Waals surface area contributed by atoms with Crippen LogP contribution in [0.3, 0.4) is 0 Å². The average molecular weight is 377 g/mol. The summed E-state index contributed by atoms with van der Waals surface area (Å²) in [6, 6.07) is 4.38. The Labute approximate surface area is 166 Å². The first kappa shape index (κ1) is 23.5. The molecule has 0 aromatic heterocycles. The molecular formula is C23H40N2O2. The van der Waals surface area contributed by atoms with Gasteiger partial charge in [-0.15, -0.1) is 0 Å². The van der Waals surface area contributed by atoms with Gasteiger partial charge in [0.25, 0.3) is 5.91 Å². The van der Waals surface area contributed by atoms with Gasteiger partial charge < -0.3 is 15.8 Å². The second kappa shape index (κ2) is 10.1. The average Bonchev–Trinajstić information content (AvgIpc) is 2.50. The minimum absolute atomic E-state index is 0.0489. The Hall–Kier alpha value is -1.55. The van der Waals surface area contributed by atoms with Gasteiger partial charge in [0.05, 0.1) is 0 Å². The molecule has 0 atom stereocenters. The van der Waals surface area contributed by atoms with Crippen LogP contribution in [0, 0.1) is 12.3 Å². The molecule has 1 amide bonds. The van der Waals surface area contributed by atoms with Gasteiger partial charge in [0.2, 0.25) is 0 Å². The van der Waals surface area contributed by atoms with Crippen molar-refractivity contribution in [3.8, 4) is 5.75 Å². The molecule has 0 saturated heterocycles. The van der Waals surface area contributed by atoms with E-state index in [9.17, 15) is 4.79 Å². The first-order chi connectivity index (χ1) is 12.4. The summed E-state index contributed by atoms with van der Waals surface area (Å²) in [5, 5.41) is 2.94. The van der Waals surface area contributed by atoms with Gasteiger partial charge in [0.15, 0.2) is 6.61 Å². The summed E-state index contributed by atoms with van der Waals surface area (Å²) in [6.07, 6.45) is 3.91. The standard InChI is InChI=1S/C23H40N2O2/c1-17-13-18(15-22(2,3)4)21(19(14-17)23(5,6)7)27-16-20(26)25-12-10-8-9-11-24/h13-14H,8-12,15-16,24H2,1-7H3,(H,25,26). The normalized spacial score (nSPS) is 12.1. The molecule has 0 aliphatic heterocycles. The third-order valence-electron chi connectivity index (χ3n) is 4.39.